The van der Waals surface area contributed by atoms with Gasteiger partial charge in [-0.2, -0.15) is 0 Å². The first-order chi connectivity index (χ1) is 10.1. The van der Waals surface area contributed by atoms with Gasteiger partial charge in [-0.3, -0.25) is 19.7 Å². The molecule has 6 nitrogen and oxygen atoms in total. The van der Waals surface area contributed by atoms with E-state index >= 15 is 0 Å². The lowest BCUT2D eigenvalue weighted by molar-refractivity contribution is -0.138. The third kappa shape index (κ3) is 2.34. The Hall–Kier alpha value is -2.11. The summed E-state index contributed by atoms with van der Waals surface area (Å²) in [6.07, 6.45) is 5.73. The molecule has 1 saturated carbocycles. The van der Waals surface area contributed by atoms with Crippen molar-refractivity contribution in [3.63, 3.8) is 0 Å². The largest absolute Gasteiger partial charge is 0.340 e. The number of hydrogen-bond donors (Lipinski definition) is 1. The predicted molar refractivity (Wildman–Crippen MR) is 75.6 cm³/mol. The fraction of sp³-hybridized carbons (Fsp3) is 0.533. The highest BCUT2D eigenvalue weighted by Gasteiger charge is 2.37. The summed E-state index contributed by atoms with van der Waals surface area (Å²) in [6, 6.07) is 3.41. The zero-order valence-electron chi connectivity index (χ0n) is 12.0. The van der Waals surface area contributed by atoms with E-state index in [9.17, 15) is 14.4 Å². The van der Waals surface area contributed by atoms with Crippen molar-refractivity contribution in [2.24, 2.45) is 0 Å². The normalized spacial score (nSPS) is 22.9. The number of imide groups is 1. The maximum atomic E-state index is 12.8. The first-order valence-electron chi connectivity index (χ1n) is 7.43. The van der Waals surface area contributed by atoms with Gasteiger partial charge in [0, 0.05) is 12.2 Å². The van der Waals surface area contributed by atoms with Gasteiger partial charge in [-0.1, -0.05) is 6.92 Å². The standard InChI is InChI=1S/C15H19N3O3/c1-2-11-14(20)16-13(19)9-18(11)15(21)12-7-4-8-17(12)10-5-3-6-10/h4,7-8,10-11H,2-3,5-6,9H2,1H3,(H,16,19,20). The Bertz CT molecular complexity index is 589. The van der Waals surface area contributed by atoms with Crippen LogP contribution in [0.25, 0.3) is 0 Å². The summed E-state index contributed by atoms with van der Waals surface area (Å²) in [6.45, 7) is 1.78. The fourth-order valence-corrected chi connectivity index (χ4v) is 2.99. The molecule has 0 aromatic carbocycles. The SMILES string of the molecule is CCC1C(=O)NC(=O)CN1C(=O)c1cccn1C1CCC1. The zero-order chi connectivity index (χ0) is 15.0. The molecular formula is C15H19N3O3. The van der Waals surface area contributed by atoms with Crippen LogP contribution in [0.5, 0.6) is 0 Å². The molecule has 1 aliphatic heterocycles. The predicted octanol–water partition coefficient (Wildman–Crippen LogP) is 1.09. The second kappa shape index (κ2) is 5.35. The third-order valence-corrected chi connectivity index (χ3v) is 4.37. The summed E-state index contributed by atoms with van der Waals surface area (Å²) >= 11 is 0. The highest BCUT2D eigenvalue weighted by molar-refractivity contribution is 6.06. The molecule has 6 heteroatoms. The maximum absolute atomic E-state index is 12.8. The van der Waals surface area contributed by atoms with E-state index in [1.54, 1.807) is 6.07 Å². The third-order valence-electron chi connectivity index (χ3n) is 4.37. The summed E-state index contributed by atoms with van der Waals surface area (Å²) < 4.78 is 1.98. The number of carbonyl (C=O) groups excluding carboxylic acids is 3. The maximum Gasteiger partial charge on any atom is 0.271 e. The molecule has 1 N–H and O–H groups in total. The van der Waals surface area contributed by atoms with Crippen molar-refractivity contribution in [2.75, 3.05) is 6.54 Å². The van der Waals surface area contributed by atoms with Gasteiger partial charge in [-0.15, -0.1) is 0 Å². The van der Waals surface area contributed by atoms with E-state index in [0.717, 1.165) is 12.8 Å². The van der Waals surface area contributed by atoms with Crippen molar-refractivity contribution in [3.8, 4) is 0 Å². The molecule has 3 amide bonds. The number of carbonyl (C=O) groups is 3. The van der Waals surface area contributed by atoms with E-state index < -0.39 is 11.9 Å². The number of aromatic nitrogens is 1. The zero-order valence-corrected chi connectivity index (χ0v) is 12.0. The second-order valence-electron chi connectivity index (χ2n) is 5.65. The van der Waals surface area contributed by atoms with Crippen molar-refractivity contribution in [1.82, 2.24) is 14.8 Å². The number of rotatable bonds is 3. The Balaban J connectivity index is 1.88. The van der Waals surface area contributed by atoms with Gasteiger partial charge in [0.05, 0.1) is 0 Å². The molecule has 2 aliphatic rings. The molecule has 1 aliphatic carbocycles. The molecule has 1 unspecified atom stereocenters. The van der Waals surface area contributed by atoms with Crippen molar-refractivity contribution in [1.29, 1.82) is 0 Å². The molecule has 1 saturated heterocycles. The Morgan fingerprint density at radius 3 is 2.76 bits per heavy atom. The van der Waals surface area contributed by atoms with E-state index in [2.05, 4.69) is 5.32 Å². The topological polar surface area (TPSA) is 71.4 Å². The average Bonchev–Trinajstić information content (AvgIpc) is 2.84. The molecule has 0 bridgehead atoms. The molecule has 2 heterocycles. The van der Waals surface area contributed by atoms with Crippen LogP contribution in [-0.4, -0.2) is 39.8 Å². The summed E-state index contributed by atoms with van der Waals surface area (Å²) in [4.78, 5) is 37.6. The average molecular weight is 289 g/mol. The lowest BCUT2D eigenvalue weighted by atomic mass is 9.92. The van der Waals surface area contributed by atoms with Gasteiger partial charge in [0.15, 0.2) is 0 Å². The Morgan fingerprint density at radius 2 is 2.14 bits per heavy atom. The van der Waals surface area contributed by atoms with E-state index in [4.69, 9.17) is 0 Å². The highest BCUT2D eigenvalue weighted by atomic mass is 16.2. The van der Waals surface area contributed by atoms with Crippen LogP contribution < -0.4 is 5.32 Å². The van der Waals surface area contributed by atoms with Crippen LogP contribution in [-0.2, 0) is 9.59 Å². The van der Waals surface area contributed by atoms with Crippen LogP contribution in [0.15, 0.2) is 18.3 Å². The van der Waals surface area contributed by atoms with Crippen molar-refractivity contribution in [3.05, 3.63) is 24.0 Å². The minimum Gasteiger partial charge on any atom is -0.340 e. The van der Waals surface area contributed by atoms with Crippen molar-refractivity contribution in [2.45, 2.75) is 44.7 Å². The van der Waals surface area contributed by atoms with Crippen molar-refractivity contribution < 1.29 is 14.4 Å². The van der Waals surface area contributed by atoms with Gasteiger partial charge in [0.2, 0.25) is 11.8 Å². The first kappa shape index (κ1) is 13.9. The van der Waals surface area contributed by atoms with Crippen LogP contribution in [0.4, 0.5) is 0 Å². The van der Waals surface area contributed by atoms with Gasteiger partial charge in [-0.05, 0) is 37.8 Å². The minimum absolute atomic E-state index is 0.0566. The lowest BCUT2D eigenvalue weighted by Crippen LogP contribution is -2.59. The van der Waals surface area contributed by atoms with Crippen LogP contribution in [0.3, 0.4) is 0 Å². The quantitative estimate of drug-likeness (QED) is 0.847. The number of nitrogens with one attached hydrogen (secondary N) is 1. The molecule has 21 heavy (non-hydrogen) atoms. The minimum atomic E-state index is -0.569. The van der Waals surface area contributed by atoms with Gasteiger partial charge < -0.3 is 9.47 Å². The van der Waals surface area contributed by atoms with E-state index in [-0.39, 0.29) is 18.4 Å². The summed E-state index contributed by atoms with van der Waals surface area (Å²) in [5.41, 5.74) is 0.570. The molecule has 1 aromatic rings. The number of piperazine rings is 1. The molecular weight excluding hydrogens is 270 g/mol. The summed E-state index contributed by atoms with van der Waals surface area (Å²) in [7, 11) is 0. The van der Waals surface area contributed by atoms with E-state index in [1.165, 1.54) is 11.3 Å². The van der Waals surface area contributed by atoms with Crippen LogP contribution in [0, 0.1) is 0 Å². The van der Waals surface area contributed by atoms with Gasteiger partial charge in [0.25, 0.3) is 5.91 Å². The lowest BCUT2D eigenvalue weighted by Gasteiger charge is -2.35. The van der Waals surface area contributed by atoms with Crippen molar-refractivity contribution >= 4 is 17.7 Å². The molecule has 1 aromatic heterocycles. The monoisotopic (exact) mass is 289 g/mol. The summed E-state index contributed by atoms with van der Waals surface area (Å²) in [5.74, 6) is -1.04. The smallest absolute Gasteiger partial charge is 0.271 e. The number of nitrogens with zero attached hydrogens (tertiary/aromatic N) is 2. The number of amides is 3. The molecule has 1 atom stereocenters. The van der Waals surface area contributed by atoms with Crippen LogP contribution >= 0.6 is 0 Å². The van der Waals surface area contributed by atoms with Gasteiger partial charge >= 0.3 is 0 Å². The molecule has 3 rings (SSSR count). The molecule has 0 spiro atoms. The van der Waals surface area contributed by atoms with Gasteiger partial charge in [-0.25, -0.2) is 0 Å². The summed E-state index contributed by atoms with van der Waals surface area (Å²) in [5, 5.41) is 2.29. The first-order valence-corrected chi connectivity index (χ1v) is 7.43. The Morgan fingerprint density at radius 1 is 1.38 bits per heavy atom. The second-order valence-corrected chi connectivity index (χ2v) is 5.65. The molecule has 2 fully saturated rings. The van der Waals surface area contributed by atoms with Crippen LogP contribution in [0.1, 0.15) is 49.1 Å². The fourth-order valence-electron chi connectivity index (χ4n) is 2.99. The van der Waals surface area contributed by atoms with E-state index in [0.29, 0.717) is 18.2 Å². The van der Waals surface area contributed by atoms with Gasteiger partial charge in [0.1, 0.15) is 18.3 Å². The Labute approximate surface area is 123 Å². The number of hydrogen-bond acceptors (Lipinski definition) is 3. The highest BCUT2D eigenvalue weighted by Crippen LogP contribution is 2.33. The molecule has 112 valence electrons. The van der Waals surface area contributed by atoms with E-state index in [1.807, 2.05) is 23.8 Å². The molecule has 0 radical (unpaired) electrons. The Kier molecular flexibility index (Phi) is 3.53. The van der Waals surface area contributed by atoms with Crippen LogP contribution in [0.2, 0.25) is 0 Å².